The zero-order chi connectivity index (χ0) is 95.0. The molecule has 0 spiro atoms. The van der Waals surface area contributed by atoms with Gasteiger partial charge in [-0.05, 0) is 154 Å². The first-order chi connectivity index (χ1) is 64.2. The van der Waals surface area contributed by atoms with Gasteiger partial charge in [0.1, 0.15) is 25.4 Å². The van der Waals surface area contributed by atoms with Crippen LogP contribution in [0.5, 0.6) is 0 Å². The second kappa shape index (κ2) is 104. The Bertz CT molecular complexity index is 3060. The van der Waals surface area contributed by atoms with Crippen LogP contribution in [0, 0.1) is 0 Å². The highest BCUT2D eigenvalue weighted by Crippen LogP contribution is 2.45. The Morgan fingerprint density at radius 1 is 0.221 bits per heavy atom. The molecule has 0 fully saturated rings. The molecule has 754 valence electrons. The first-order valence-corrected chi connectivity index (χ1v) is 56.4. The van der Waals surface area contributed by atoms with Crippen molar-refractivity contribution in [1.29, 1.82) is 0 Å². The number of rotatable bonds is 101. The van der Waals surface area contributed by atoms with Gasteiger partial charge < -0.3 is 34.2 Å². The molecule has 0 bridgehead atoms. The van der Waals surface area contributed by atoms with Crippen LogP contribution >= 0.6 is 15.6 Å². The van der Waals surface area contributed by atoms with Crippen molar-refractivity contribution in [2.45, 2.75) is 489 Å². The molecular formula is C113H196O16P2. The zero-order valence-corrected chi connectivity index (χ0v) is 85.5. The number of aliphatic hydroxyl groups excluding tert-OH is 2. The van der Waals surface area contributed by atoms with E-state index >= 15 is 0 Å². The van der Waals surface area contributed by atoms with E-state index in [1.807, 2.05) is 0 Å². The molecule has 0 radical (unpaired) electrons. The lowest BCUT2D eigenvalue weighted by Gasteiger charge is -2.21. The Labute approximate surface area is 803 Å². The van der Waals surface area contributed by atoms with E-state index in [1.54, 1.807) is 0 Å². The Kier molecular flexibility index (Phi) is 99.8. The summed E-state index contributed by atoms with van der Waals surface area (Å²) in [7, 11) is -9.82. The van der Waals surface area contributed by atoms with Crippen LogP contribution in [-0.2, 0) is 55.8 Å². The van der Waals surface area contributed by atoms with Gasteiger partial charge in [-0.2, -0.15) is 0 Å². The molecule has 5 atom stereocenters. The highest BCUT2D eigenvalue weighted by molar-refractivity contribution is 7.47. The summed E-state index contributed by atoms with van der Waals surface area (Å²) in [6.07, 6.45) is 137. The molecule has 5 unspecified atom stereocenters. The normalized spacial score (nSPS) is 14.3. The van der Waals surface area contributed by atoms with Gasteiger partial charge in [-0.25, -0.2) is 9.13 Å². The molecule has 0 heterocycles. The van der Waals surface area contributed by atoms with Crippen molar-refractivity contribution in [2.75, 3.05) is 39.6 Å². The van der Waals surface area contributed by atoms with Crippen LogP contribution in [0.15, 0.2) is 170 Å². The smallest absolute Gasteiger partial charge is 0.463 e. The van der Waals surface area contributed by atoms with Gasteiger partial charge in [-0.1, -0.05) is 467 Å². The summed E-state index contributed by atoms with van der Waals surface area (Å²) in [6.45, 7) is 2.52. The average Bonchev–Trinajstić information content (AvgIpc) is 0.885. The van der Waals surface area contributed by atoms with Crippen LogP contribution in [0.1, 0.15) is 470 Å². The van der Waals surface area contributed by atoms with Crippen molar-refractivity contribution < 1.29 is 75.8 Å². The van der Waals surface area contributed by atoms with E-state index in [0.29, 0.717) is 19.3 Å². The summed E-state index contributed by atoms with van der Waals surface area (Å²) in [6, 6.07) is 0. The molecule has 0 aromatic heterocycles. The average molecular weight is 1870 g/mol. The van der Waals surface area contributed by atoms with Gasteiger partial charge in [0.05, 0.1) is 26.4 Å². The third kappa shape index (κ3) is 105. The lowest BCUT2D eigenvalue weighted by Crippen LogP contribution is -2.30. The predicted octanol–water partition coefficient (Wildman–Crippen LogP) is 34.1. The lowest BCUT2D eigenvalue weighted by molar-refractivity contribution is -0.161. The maximum atomic E-state index is 13.1. The summed E-state index contributed by atoms with van der Waals surface area (Å²) < 4.78 is 61.8. The van der Waals surface area contributed by atoms with Gasteiger partial charge in [0.15, 0.2) is 6.10 Å². The summed E-state index contributed by atoms with van der Waals surface area (Å²) in [5.74, 6) is -1.56. The number of phosphoric acid groups is 2. The molecular weight excluding hydrogens is 1680 g/mol. The van der Waals surface area contributed by atoms with Crippen molar-refractivity contribution in [3.8, 4) is 0 Å². The van der Waals surface area contributed by atoms with E-state index in [-0.39, 0.29) is 19.3 Å². The number of hydrogen-bond donors (Lipinski definition) is 4. The molecule has 0 aromatic carbocycles. The van der Waals surface area contributed by atoms with Gasteiger partial charge in [0.2, 0.25) is 0 Å². The summed E-state index contributed by atoms with van der Waals surface area (Å²) in [4.78, 5) is 59.3. The number of phosphoric ester groups is 2. The molecule has 0 rings (SSSR count). The second-order valence-electron chi connectivity index (χ2n) is 35.6. The molecule has 0 aliphatic heterocycles. The third-order valence-corrected chi connectivity index (χ3v) is 24.8. The maximum Gasteiger partial charge on any atom is 0.472 e. The summed E-state index contributed by atoms with van der Waals surface area (Å²) >= 11 is 0. The summed E-state index contributed by atoms with van der Waals surface area (Å²) in [5.41, 5.74) is 0. The highest BCUT2D eigenvalue weighted by atomic mass is 31.2. The minimum Gasteiger partial charge on any atom is -0.463 e. The molecule has 16 nitrogen and oxygen atoms in total. The van der Waals surface area contributed by atoms with Gasteiger partial charge in [0, 0.05) is 19.3 Å². The number of aliphatic hydroxyl groups is 2. The van der Waals surface area contributed by atoms with E-state index in [1.165, 1.54) is 257 Å². The minimum atomic E-state index is -4.95. The van der Waals surface area contributed by atoms with E-state index < -0.39 is 91.5 Å². The van der Waals surface area contributed by atoms with Gasteiger partial charge >= 0.3 is 33.6 Å². The first-order valence-electron chi connectivity index (χ1n) is 53.4. The Balaban J connectivity index is 4.57. The SMILES string of the molecule is CC/C=C\C/C=C\C/C=C\C/C=C\C/C=C\CCCCCCCCCCCCCCCCCCCCCC(=O)OCC(O)COP(=O)(O)OCC(O)COP(=O)(O)OCC(COC(=O)CCCCCCCCCCCCCCCCCCC/C=C\C/C=C\C/C=C\C/C=C\C/C=C\CC)OC(=O)CCCCCCCCCCCCC/C=C\C/C=C\C/C=C\C/C=C\CCCCC. The molecule has 18 heteroatoms. The van der Waals surface area contributed by atoms with Crippen molar-refractivity contribution in [3.05, 3.63) is 170 Å². The number of unbranched alkanes of at least 4 members (excludes halogenated alkanes) is 50. The molecule has 4 N–H and O–H groups in total. The fourth-order valence-electron chi connectivity index (χ4n) is 14.9. The Morgan fingerprint density at radius 3 is 0.641 bits per heavy atom. The van der Waals surface area contributed by atoms with Crippen LogP contribution < -0.4 is 0 Å². The molecule has 0 amide bonds. The quantitative estimate of drug-likeness (QED) is 0.0146. The monoisotopic (exact) mass is 1870 g/mol. The number of hydrogen-bond acceptors (Lipinski definition) is 14. The molecule has 0 saturated heterocycles. The molecule has 0 aliphatic carbocycles. The number of ether oxygens (including phenoxy) is 3. The number of allylic oxidation sites excluding steroid dienone is 28. The largest absolute Gasteiger partial charge is 0.472 e. The van der Waals surface area contributed by atoms with E-state index in [0.717, 1.165) is 154 Å². The fraction of sp³-hybridized carbons (Fsp3) is 0.726. The standard InChI is InChI=1S/C113H196O16P2/c1-4-7-10-13-16-19-22-25-28-31-34-37-40-43-46-48-50-52-53-55-57-58-61-63-66-69-72-75-78-81-84-87-90-93-96-99-111(116)123-102-108(114)103-125-130(119,120)126-104-109(115)105-127-131(121,122)128-107-110(129-113(118)101-98-95-92-89-86-83-80-77-74-71-68-65-60-45-42-39-36-33-30-27-24-21-18-15-12-9-6-3)106-124-112(117)100-97-94-91-88-85-82-79-76-73-70-67-64-62-59-56-54-51-49-47-44-41-38-35-32-29-26-23-20-17-14-11-8-5-2/h7-8,10-11,16-21,25-30,34-39,43-47,60,108-110,114-115H,4-6,9,12-15,22-24,31-33,40-42,48-59,61-107H2,1-3H3,(H,119,120)(H,121,122)/b10-7-,11-8-,19-16-,20-17-,21-18-,28-25-,29-26-,30-27-,37-34-,38-35-,39-36-,46-43-,47-44-,60-45-. The van der Waals surface area contributed by atoms with E-state index in [4.69, 9.17) is 32.3 Å². The van der Waals surface area contributed by atoms with E-state index in [9.17, 15) is 43.5 Å². The third-order valence-electron chi connectivity index (χ3n) is 22.9. The molecule has 131 heavy (non-hydrogen) atoms. The van der Waals surface area contributed by atoms with Crippen LogP contribution in [-0.4, -0.2) is 95.9 Å². The van der Waals surface area contributed by atoms with Crippen molar-refractivity contribution in [3.63, 3.8) is 0 Å². The van der Waals surface area contributed by atoms with Gasteiger partial charge in [-0.3, -0.25) is 32.5 Å². The van der Waals surface area contributed by atoms with Crippen LogP contribution in [0.2, 0.25) is 0 Å². The highest BCUT2D eigenvalue weighted by Gasteiger charge is 2.30. The second-order valence-corrected chi connectivity index (χ2v) is 38.6. The Morgan fingerprint density at radius 2 is 0.405 bits per heavy atom. The molecule has 0 aromatic rings. The van der Waals surface area contributed by atoms with Crippen molar-refractivity contribution in [2.24, 2.45) is 0 Å². The first kappa shape index (κ1) is 126. The van der Waals surface area contributed by atoms with Crippen molar-refractivity contribution >= 4 is 33.6 Å². The molecule has 0 saturated carbocycles. The van der Waals surface area contributed by atoms with Crippen molar-refractivity contribution in [1.82, 2.24) is 0 Å². The number of carbonyl (C=O) groups is 3. The number of carbonyl (C=O) groups excluding carboxylic acids is 3. The van der Waals surface area contributed by atoms with Crippen LogP contribution in [0.25, 0.3) is 0 Å². The number of esters is 3. The predicted molar refractivity (Wildman–Crippen MR) is 555 cm³/mol. The lowest BCUT2D eigenvalue weighted by atomic mass is 10.0. The Hall–Kier alpha value is -5.09. The fourth-order valence-corrected chi connectivity index (χ4v) is 16.5. The minimum absolute atomic E-state index is 0.0996. The van der Waals surface area contributed by atoms with Crippen LogP contribution in [0.4, 0.5) is 0 Å². The van der Waals surface area contributed by atoms with E-state index in [2.05, 4.69) is 191 Å². The molecule has 0 aliphatic rings. The topological polar surface area (TPSA) is 231 Å². The van der Waals surface area contributed by atoms with Gasteiger partial charge in [-0.15, -0.1) is 0 Å². The van der Waals surface area contributed by atoms with Gasteiger partial charge in [0.25, 0.3) is 0 Å². The maximum absolute atomic E-state index is 13.1. The zero-order valence-electron chi connectivity index (χ0n) is 83.7. The summed E-state index contributed by atoms with van der Waals surface area (Å²) in [5, 5.41) is 20.8. The van der Waals surface area contributed by atoms with Crippen LogP contribution in [0.3, 0.4) is 0 Å².